The smallest absolute Gasteiger partial charge is 0.231 e. The van der Waals surface area contributed by atoms with E-state index in [1.54, 1.807) is 0 Å². The molecule has 0 unspecified atom stereocenters. The molecule has 0 aliphatic heterocycles. The van der Waals surface area contributed by atoms with Crippen LogP contribution in [0.5, 0.6) is 0 Å². The zero-order chi connectivity index (χ0) is 10.8. The average molecular weight is 210 g/mol. The predicted molar refractivity (Wildman–Crippen MR) is 47.3 cm³/mol. The summed E-state index contributed by atoms with van der Waals surface area (Å²) in [6, 6.07) is 2.86. The van der Waals surface area contributed by atoms with E-state index in [1.807, 2.05) is 0 Å². The molecule has 0 amide bonds. The van der Waals surface area contributed by atoms with Gasteiger partial charge in [0.15, 0.2) is 0 Å². The maximum atomic E-state index is 12.8. The minimum Gasteiger partial charge on any atom is -0.258 e. The third-order valence-electron chi connectivity index (χ3n) is 1.76. The maximum absolute atomic E-state index is 12.8. The van der Waals surface area contributed by atoms with Gasteiger partial charge in [-0.3, -0.25) is 4.98 Å². The Morgan fingerprint density at radius 2 is 1.53 bits per heavy atom. The topological polar surface area (TPSA) is 25.8 Å². The van der Waals surface area contributed by atoms with Crippen LogP contribution < -0.4 is 0 Å². The van der Waals surface area contributed by atoms with Crippen molar-refractivity contribution >= 4 is 0 Å². The van der Waals surface area contributed by atoms with Gasteiger partial charge in [-0.2, -0.15) is 4.39 Å². The van der Waals surface area contributed by atoms with E-state index in [1.165, 1.54) is 6.20 Å². The average Bonchev–Trinajstić information content (AvgIpc) is 2.16. The number of hydrogen-bond acceptors (Lipinski definition) is 2. The minimum atomic E-state index is -0.794. The molecule has 0 radical (unpaired) electrons. The summed E-state index contributed by atoms with van der Waals surface area (Å²) in [6.45, 7) is 0. The lowest BCUT2D eigenvalue weighted by Gasteiger charge is -2.00. The first-order valence-electron chi connectivity index (χ1n) is 4.09. The third-order valence-corrected chi connectivity index (χ3v) is 1.76. The van der Waals surface area contributed by atoms with E-state index in [0.29, 0.717) is 0 Å². The van der Waals surface area contributed by atoms with Crippen molar-refractivity contribution in [1.29, 1.82) is 0 Å². The highest BCUT2D eigenvalue weighted by Gasteiger charge is 2.05. The Bertz CT molecular complexity index is 480. The summed E-state index contributed by atoms with van der Waals surface area (Å²) >= 11 is 0. The maximum Gasteiger partial charge on any atom is 0.231 e. The minimum absolute atomic E-state index is 0.0911. The zero-order valence-corrected chi connectivity index (χ0v) is 7.42. The van der Waals surface area contributed by atoms with E-state index in [2.05, 4.69) is 9.97 Å². The Morgan fingerprint density at radius 1 is 0.867 bits per heavy atom. The fourth-order valence-corrected chi connectivity index (χ4v) is 1.18. The number of hydrogen-bond donors (Lipinski definition) is 0. The molecule has 0 fully saturated rings. The van der Waals surface area contributed by atoms with Crippen LogP contribution in [-0.2, 0) is 0 Å². The van der Waals surface area contributed by atoms with Gasteiger partial charge in [0.2, 0.25) is 5.95 Å². The molecule has 1 heterocycles. The zero-order valence-electron chi connectivity index (χ0n) is 7.42. The van der Waals surface area contributed by atoms with Gasteiger partial charge in [-0.05, 0) is 12.1 Å². The summed E-state index contributed by atoms with van der Waals surface area (Å²) in [5.41, 5.74) is 0.243. The second-order valence-electron chi connectivity index (χ2n) is 2.89. The second kappa shape index (κ2) is 3.68. The molecule has 0 saturated heterocycles. The van der Waals surface area contributed by atoms with E-state index in [-0.39, 0.29) is 11.3 Å². The van der Waals surface area contributed by atoms with E-state index in [9.17, 15) is 13.2 Å². The molecule has 0 aliphatic rings. The van der Waals surface area contributed by atoms with Gasteiger partial charge in [0.1, 0.15) is 11.6 Å². The Hall–Kier alpha value is -1.91. The molecule has 0 spiro atoms. The highest BCUT2D eigenvalue weighted by molar-refractivity contribution is 5.57. The van der Waals surface area contributed by atoms with Crippen LogP contribution in [0.15, 0.2) is 30.6 Å². The normalized spacial score (nSPS) is 10.3. The Kier molecular flexibility index (Phi) is 2.37. The van der Waals surface area contributed by atoms with Gasteiger partial charge in [-0.1, -0.05) is 0 Å². The van der Waals surface area contributed by atoms with Crippen LogP contribution in [0.25, 0.3) is 11.3 Å². The molecular weight excluding hydrogens is 205 g/mol. The van der Waals surface area contributed by atoms with Crippen LogP contribution in [0.1, 0.15) is 0 Å². The van der Waals surface area contributed by atoms with E-state index >= 15 is 0 Å². The molecule has 2 nitrogen and oxygen atoms in total. The van der Waals surface area contributed by atoms with Crippen LogP contribution in [0.4, 0.5) is 13.2 Å². The van der Waals surface area contributed by atoms with Crippen molar-refractivity contribution in [2.45, 2.75) is 0 Å². The van der Waals surface area contributed by atoms with Crippen molar-refractivity contribution in [3.05, 3.63) is 48.2 Å². The Labute approximate surface area is 83.4 Å². The van der Waals surface area contributed by atoms with Gasteiger partial charge < -0.3 is 0 Å². The molecule has 1 aromatic heterocycles. The van der Waals surface area contributed by atoms with Crippen molar-refractivity contribution in [3.8, 4) is 11.3 Å². The Balaban J connectivity index is 2.54. The van der Waals surface area contributed by atoms with Crippen LogP contribution in [0.3, 0.4) is 0 Å². The van der Waals surface area contributed by atoms with E-state index < -0.39 is 17.6 Å². The highest BCUT2D eigenvalue weighted by Crippen LogP contribution is 2.18. The summed E-state index contributed by atoms with van der Waals surface area (Å²) in [5, 5.41) is 0. The summed E-state index contributed by atoms with van der Waals surface area (Å²) in [5.74, 6) is -2.27. The number of benzene rings is 1. The first-order chi connectivity index (χ1) is 7.15. The molecule has 1 aromatic carbocycles. The van der Waals surface area contributed by atoms with Crippen LogP contribution in [-0.4, -0.2) is 9.97 Å². The van der Waals surface area contributed by atoms with Crippen molar-refractivity contribution in [2.24, 2.45) is 0 Å². The SMILES string of the molecule is Fc1cc(F)cc(-c2cncc(F)n2)c1. The summed E-state index contributed by atoms with van der Waals surface area (Å²) in [6.07, 6.45) is 2.15. The molecule has 0 atom stereocenters. The van der Waals surface area contributed by atoms with Gasteiger partial charge in [-0.25, -0.2) is 13.8 Å². The molecule has 2 rings (SSSR count). The lowest BCUT2D eigenvalue weighted by atomic mass is 10.1. The van der Waals surface area contributed by atoms with Crippen LogP contribution in [0.2, 0.25) is 0 Å². The second-order valence-corrected chi connectivity index (χ2v) is 2.89. The fraction of sp³-hybridized carbons (Fsp3) is 0. The van der Waals surface area contributed by atoms with Gasteiger partial charge in [0.05, 0.1) is 18.1 Å². The quantitative estimate of drug-likeness (QED) is 0.722. The van der Waals surface area contributed by atoms with Crippen LogP contribution >= 0.6 is 0 Å². The van der Waals surface area contributed by atoms with Gasteiger partial charge in [0, 0.05) is 11.6 Å². The number of nitrogens with zero attached hydrogens (tertiary/aromatic N) is 2. The van der Waals surface area contributed by atoms with Gasteiger partial charge in [-0.15, -0.1) is 0 Å². The third kappa shape index (κ3) is 2.12. The molecule has 76 valence electrons. The number of aromatic nitrogens is 2. The standard InChI is InChI=1S/C10H5F3N2/c11-7-1-6(2-8(12)3-7)9-4-14-5-10(13)15-9/h1-5H. The molecule has 0 N–H and O–H groups in total. The number of halogens is 3. The lowest BCUT2D eigenvalue weighted by molar-refractivity contribution is 0.575. The largest absolute Gasteiger partial charge is 0.258 e. The molecule has 0 saturated carbocycles. The van der Waals surface area contributed by atoms with Crippen molar-refractivity contribution in [3.63, 3.8) is 0 Å². The summed E-state index contributed by atoms with van der Waals surface area (Å²) in [7, 11) is 0. The first-order valence-corrected chi connectivity index (χ1v) is 4.09. The van der Waals surface area contributed by atoms with Crippen molar-refractivity contribution in [1.82, 2.24) is 9.97 Å². The van der Waals surface area contributed by atoms with Gasteiger partial charge >= 0.3 is 0 Å². The summed E-state index contributed by atoms with van der Waals surface area (Å²) in [4.78, 5) is 7.00. The van der Waals surface area contributed by atoms with Crippen molar-refractivity contribution < 1.29 is 13.2 Å². The van der Waals surface area contributed by atoms with E-state index in [4.69, 9.17) is 0 Å². The first kappa shape index (κ1) is 9.64. The summed E-state index contributed by atoms with van der Waals surface area (Å²) < 4.78 is 38.4. The molecule has 2 aromatic rings. The lowest BCUT2D eigenvalue weighted by Crippen LogP contribution is -1.91. The molecule has 0 aliphatic carbocycles. The molecule has 5 heteroatoms. The van der Waals surface area contributed by atoms with Gasteiger partial charge in [0.25, 0.3) is 0 Å². The molecular formula is C10H5F3N2. The van der Waals surface area contributed by atoms with E-state index in [0.717, 1.165) is 24.4 Å². The monoisotopic (exact) mass is 210 g/mol. The number of rotatable bonds is 1. The predicted octanol–water partition coefficient (Wildman–Crippen LogP) is 2.56. The van der Waals surface area contributed by atoms with Crippen LogP contribution in [0, 0.1) is 17.6 Å². The Morgan fingerprint density at radius 3 is 2.13 bits per heavy atom. The molecule has 15 heavy (non-hydrogen) atoms. The highest BCUT2D eigenvalue weighted by atomic mass is 19.1. The van der Waals surface area contributed by atoms with Crippen molar-refractivity contribution in [2.75, 3.05) is 0 Å². The molecule has 0 bridgehead atoms. The fourth-order valence-electron chi connectivity index (χ4n) is 1.18.